The summed E-state index contributed by atoms with van der Waals surface area (Å²) in [5, 5.41) is 3.55. The lowest BCUT2D eigenvalue weighted by Crippen LogP contribution is -2.47. The van der Waals surface area contributed by atoms with Gasteiger partial charge < -0.3 is 15.0 Å². The third kappa shape index (κ3) is 6.33. The maximum Gasteiger partial charge on any atom is 0.408 e. The highest BCUT2D eigenvalue weighted by Gasteiger charge is 2.43. The molecule has 1 fully saturated rings. The predicted octanol–water partition coefficient (Wildman–Crippen LogP) is 6.80. The summed E-state index contributed by atoms with van der Waals surface area (Å²) < 4.78 is 19.9. The van der Waals surface area contributed by atoms with Gasteiger partial charge in [-0.2, -0.15) is 0 Å². The van der Waals surface area contributed by atoms with E-state index in [-0.39, 0.29) is 5.82 Å². The molecule has 1 aliphatic rings. The second-order valence-electron chi connectivity index (χ2n) is 12.3. The van der Waals surface area contributed by atoms with Gasteiger partial charge in [0.2, 0.25) is 0 Å². The summed E-state index contributed by atoms with van der Waals surface area (Å²) in [6.45, 7) is 7.51. The first-order chi connectivity index (χ1) is 21.5. The molecule has 0 radical (unpaired) electrons. The van der Waals surface area contributed by atoms with E-state index in [1.54, 1.807) is 31.3 Å². The summed E-state index contributed by atoms with van der Waals surface area (Å²) in [7, 11) is 0. The smallest absolute Gasteiger partial charge is 0.408 e. The van der Waals surface area contributed by atoms with Crippen LogP contribution in [0.2, 0.25) is 0 Å². The number of fused-ring (bicyclic) bond motifs is 1. The molecule has 4 N–H and O–H groups in total. The summed E-state index contributed by atoms with van der Waals surface area (Å²) >= 11 is 0. The average Bonchev–Trinajstić information content (AvgIpc) is 3.43. The number of benzene rings is 2. The summed E-state index contributed by atoms with van der Waals surface area (Å²) in [4.78, 5) is 41.7. The van der Waals surface area contributed by atoms with Gasteiger partial charge in [-0.1, -0.05) is 36.4 Å². The number of amides is 2. The van der Waals surface area contributed by atoms with Gasteiger partial charge in [0.1, 0.15) is 22.9 Å². The Morgan fingerprint density at radius 3 is 2.31 bits per heavy atom. The molecule has 3 heterocycles. The van der Waals surface area contributed by atoms with E-state index in [2.05, 4.69) is 31.1 Å². The van der Waals surface area contributed by atoms with Gasteiger partial charge in [-0.25, -0.2) is 24.1 Å². The summed E-state index contributed by atoms with van der Waals surface area (Å²) in [6, 6.07) is 17.8. The maximum absolute atomic E-state index is 13.9. The average molecular weight is 608 g/mol. The molecule has 0 aliphatic heterocycles. The minimum Gasteiger partial charge on any atom is -0.438 e. The summed E-state index contributed by atoms with van der Waals surface area (Å²) in [6.07, 6.45) is 5.09. The number of aromatic nitrogens is 4. The minimum atomic E-state index is -0.671. The highest BCUT2D eigenvalue weighted by atomic mass is 19.1. The highest BCUT2D eigenvalue weighted by Crippen LogP contribution is 2.45. The van der Waals surface area contributed by atoms with Gasteiger partial charge in [-0.15, -0.1) is 0 Å². The number of anilines is 1. The van der Waals surface area contributed by atoms with Crippen molar-refractivity contribution in [2.24, 2.45) is 0 Å². The zero-order valence-corrected chi connectivity index (χ0v) is 25.5. The molecule has 11 heteroatoms. The highest BCUT2D eigenvalue weighted by molar-refractivity contribution is 5.98. The van der Waals surface area contributed by atoms with Crippen LogP contribution in [0.1, 0.15) is 61.9 Å². The van der Waals surface area contributed by atoms with Gasteiger partial charge in [0.25, 0.3) is 5.91 Å². The Bertz CT molecular complexity index is 1880. The minimum absolute atomic E-state index is 0.306. The molecule has 5 aromatic rings. The summed E-state index contributed by atoms with van der Waals surface area (Å²) in [5.74, 6) is 0.272. The van der Waals surface area contributed by atoms with Crippen LogP contribution in [0.4, 0.5) is 15.0 Å². The number of hydrogen-bond donors (Lipinski definition) is 4. The molecule has 0 unspecified atom stereocenters. The van der Waals surface area contributed by atoms with E-state index in [0.717, 1.165) is 41.5 Å². The Hall–Kier alpha value is -5.32. The first-order valence-electron chi connectivity index (χ1n) is 14.8. The molecule has 2 amide bonds. The zero-order valence-electron chi connectivity index (χ0n) is 25.5. The van der Waals surface area contributed by atoms with Crippen molar-refractivity contribution in [2.45, 2.75) is 58.1 Å². The van der Waals surface area contributed by atoms with Crippen LogP contribution in [0.3, 0.4) is 0 Å². The van der Waals surface area contributed by atoms with Crippen molar-refractivity contribution >= 4 is 28.7 Å². The quantitative estimate of drug-likeness (QED) is 0.150. The molecule has 2 aromatic carbocycles. The monoisotopic (exact) mass is 607 g/mol. The Morgan fingerprint density at radius 2 is 1.69 bits per heavy atom. The fourth-order valence-corrected chi connectivity index (χ4v) is 5.37. The van der Waals surface area contributed by atoms with Crippen LogP contribution in [-0.2, 0) is 10.3 Å². The van der Waals surface area contributed by atoms with Gasteiger partial charge >= 0.3 is 6.09 Å². The van der Waals surface area contributed by atoms with Crippen LogP contribution in [0.5, 0.6) is 0 Å². The number of carbonyl (C=O) groups is 2. The number of imidazole rings is 1. The Labute approximate surface area is 259 Å². The topological polar surface area (TPSA) is 134 Å². The molecule has 0 spiro atoms. The van der Waals surface area contributed by atoms with E-state index in [0.29, 0.717) is 33.9 Å². The van der Waals surface area contributed by atoms with E-state index in [1.165, 1.54) is 18.3 Å². The van der Waals surface area contributed by atoms with E-state index < -0.39 is 23.1 Å². The standard InChI is InChI=1S/C34H34FN7O3/c1-20-37-19-28(38-20)31(43)42-41-30-26-18-25(21-8-12-24(35)13-9-21)29(39-27(26)14-17-36-30)22-6-10-23(11-7-22)34(15-5-16-34)45-32(44)40-33(2,3)4/h6-14,17-19H,5,15-16H2,1-4H3,(H,36,41)(H,37,38)(H,40,44)(H,42,43). The number of H-pyrrole nitrogens is 1. The van der Waals surface area contributed by atoms with Gasteiger partial charge in [0.05, 0.1) is 17.4 Å². The number of carbonyl (C=O) groups excluding carboxylic acids is 2. The number of nitrogens with one attached hydrogen (secondary N) is 4. The third-order valence-corrected chi connectivity index (χ3v) is 7.75. The van der Waals surface area contributed by atoms with Crippen molar-refractivity contribution < 1.29 is 18.7 Å². The maximum atomic E-state index is 13.9. The number of ether oxygens (including phenoxy) is 1. The van der Waals surface area contributed by atoms with E-state index in [1.807, 2.05) is 51.1 Å². The number of aromatic amines is 1. The number of nitrogens with zero attached hydrogens (tertiary/aromatic N) is 3. The van der Waals surface area contributed by atoms with Gasteiger partial charge in [-0.3, -0.25) is 15.6 Å². The second kappa shape index (κ2) is 11.6. The van der Waals surface area contributed by atoms with Gasteiger partial charge in [-0.05, 0) is 82.3 Å². The molecule has 0 atom stereocenters. The first-order valence-corrected chi connectivity index (χ1v) is 14.8. The normalized spacial score (nSPS) is 14.0. The van der Waals surface area contributed by atoms with Gasteiger partial charge in [0, 0.05) is 28.2 Å². The Morgan fingerprint density at radius 1 is 0.978 bits per heavy atom. The SMILES string of the molecule is Cc1ncc(C(=O)NNc2nccc3nc(-c4ccc(C5(OC(=O)NC(C)(C)C)CCC5)cc4)c(-c4ccc(F)cc4)cc23)[nH]1. The fourth-order valence-electron chi connectivity index (χ4n) is 5.37. The summed E-state index contributed by atoms with van der Waals surface area (Å²) in [5.41, 5.74) is 9.38. The van der Waals surface area contributed by atoms with Crippen LogP contribution < -0.4 is 16.2 Å². The molecular formula is C34H34FN7O3. The first kappa shape index (κ1) is 29.7. The molecule has 10 nitrogen and oxygen atoms in total. The fraction of sp³-hybridized carbons (Fsp3) is 0.265. The molecule has 0 bridgehead atoms. The molecule has 230 valence electrons. The lowest BCUT2D eigenvalue weighted by atomic mass is 9.74. The zero-order chi connectivity index (χ0) is 31.8. The molecule has 3 aromatic heterocycles. The Balaban J connectivity index is 1.35. The molecule has 1 aliphatic carbocycles. The van der Waals surface area contributed by atoms with Crippen LogP contribution in [0.25, 0.3) is 33.3 Å². The van der Waals surface area contributed by atoms with Crippen LogP contribution in [-0.4, -0.2) is 37.5 Å². The molecule has 45 heavy (non-hydrogen) atoms. The van der Waals surface area contributed by atoms with Crippen molar-refractivity contribution in [1.82, 2.24) is 30.7 Å². The predicted molar refractivity (Wildman–Crippen MR) is 170 cm³/mol. The third-order valence-electron chi connectivity index (χ3n) is 7.75. The lowest BCUT2D eigenvalue weighted by Gasteiger charge is -2.42. The van der Waals surface area contributed by atoms with Crippen molar-refractivity contribution in [3.8, 4) is 22.4 Å². The van der Waals surface area contributed by atoms with Crippen molar-refractivity contribution in [2.75, 3.05) is 5.43 Å². The number of pyridine rings is 2. The van der Waals surface area contributed by atoms with Crippen molar-refractivity contribution in [3.63, 3.8) is 0 Å². The van der Waals surface area contributed by atoms with Crippen molar-refractivity contribution in [1.29, 1.82) is 0 Å². The van der Waals surface area contributed by atoms with Crippen LogP contribution in [0.15, 0.2) is 73.1 Å². The molecule has 6 rings (SSSR count). The number of hydrazine groups is 1. The number of hydrogen-bond acceptors (Lipinski definition) is 7. The second-order valence-corrected chi connectivity index (χ2v) is 12.3. The van der Waals surface area contributed by atoms with E-state index >= 15 is 0 Å². The number of halogens is 1. The number of rotatable bonds is 7. The lowest BCUT2D eigenvalue weighted by molar-refractivity contribution is -0.0549. The van der Waals surface area contributed by atoms with Crippen LogP contribution in [0, 0.1) is 12.7 Å². The molecule has 1 saturated carbocycles. The largest absolute Gasteiger partial charge is 0.438 e. The Kier molecular flexibility index (Phi) is 7.69. The van der Waals surface area contributed by atoms with Gasteiger partial charge in [0.15, 0.2) is 5.82 Å². The van der Waals surface area contributed by atoms with E-state index in [9.17, 15) is 14.0 Å². The molecular weight excluding hydrogens is 573 g/mol. The number of alkyl carbamates (subject to hydrolysis) is 1. The van der Waals surface area contributed by atoms with E-state index in [4.69, 9.17) is 9.72 Å². The molecule has 0 saturated heterocycles. The number of aryl methyl sites for hydroxylation is 1. The van der Waals surface area contributed by atoms with Crippen molar-refractivity contribution in [3.05, 3.63) is 96.0 Å². The van der Waals surface area contributed by atoms with Crippen LogP contribution >= 0.6 is 0 Å².